The third-order valence-electron chi connectivity index (χ3n) is 1.79. The van der Waals surface area contributed by atoms with Gasteiger partial charge < -0.3 is 10.9 Å². The molecule has 0 bridgehead atoms. The van der Waals surface area contributed by atoms with E-state index in [9.17, 15) is 0 Å². The van der Waals surface area contributed by atoms with Crippen molar-refractivity contribution in [2.45, 2.75) is 17.7 Å². The average molecular weight is 281 g/mol. The number of nitrogens with zero attached hydrogens (tertiary/aromatic N) is 1. The lowest BCUT2D eigenvalue weighted by Gasteiger charge is -2.01. The Kier molecular flexibility index (Phi) is 8.25. The van der Waals surface area contributed by atoms with Gasteiger partial charge in [-0.05, 0) is 36.4 Å². The molecule has 1 rings (SSSR count). The smallest absolute Gasteiger partial charge is 0.139 e. The van der Waals surface area contributed by atoms with E-state index in [4.69, 9.17) is 22.5 Å². The predicted octanol–water partition coefficient (Wildman–Crippen LogP) is 3.38. The standard InChI is InChI=1S/C10H13ClN2OS.ClH/c11-8-3-5-9(6-4-8)15-7-1-2-10(12)13-14;/h3-6,14H,1-2,7H2,(H2,12,13);1H. The van der Waals surface area contributed by atoms with Gasteiger partial charge in [-0.2, -0.15) is 0 Å². The highest BCUT2D eigenvalue weighted by atomic mass is 35.5. The molecule has 0 atom stereocenters. The third-order valence-corrected chi connectivity index (χ3v) is 3.14. The first-order chi connectivity index (χ1) is 7.22. The van der Waals surface area contributed by atoms with E-state index in [-0.39, 0.29) is 18.2 Å². The van der Waals surface area contributed by atoms with Gasteiger partial charge in [-0.15, -0.1) is 24.2 Å². The topological polar surface area (TPSA) is 58.6 Å². The van der Waals surface area contributed by atoms with E-state index in [0.29, 0.717) is 6.42 Å². The normalized spacial score (nSPS) is 10.9. The minimum absolute atomic E-state index is 0. The number of halogens is 2. The Morgan fingerprint density at radius 1 is 1.38 bits per heavy atom. The van der Waals surface area contributed by atoms with Crippen molar-refractivity contribution >= 4 is 41.6 Å². The van der Waals surface area contributed by atoms with Crippen LogP contribution in [0.15, 0.2) is 34.3 Å². The fraction of sp³-hybridized carbons (Fsp3) is 0.300. The fourth-order valence-corrected chi connectivity index (χ4v) is 2.00. The Hall–Kier alpha value is -0.580. The molecule has 0 heterocycles. The summed E-state index contributed by atoms with van der Waals surface area (Å²) in [5.41, 5.74) is 5.35. The number of rotatable bonds is 5. The molecule has 0 aliphatic rings. The van der Waals surface area contributed by atoms with Gasteiger partial charge in [0.2, 0.25) is 0 Å². The Balaban J connectivity index is 0.00000225. The number of nitrogens with two attached hydrogens (primary N) is 1. The molecule has 0 fully saturated rings. The van der Waals surface area contributed by atoms with E-state index in [1.54, 1.807) is 11.8 Å². The highest BCUT2D eigenvalue weighted by Gasteiger charge is 1.96. The van der Waals surface area contributed by atoms with Gasteiger partial charge in [0, 0.05) is 16.3 Å². The quantitative estimate of drug-likeness (QED) is 0.217. The van der Waals surface area contributed by atoms with Gasteiger partial charge in [0.05, 0.1) is 0 Å². The van der Waals surface area contributed by atoms with Crippen LogP contribution < -0.4 is 5.73 Å². The predicted molar refractivity (Wildman–Crippen MR) is 72.1 cm³/mol. The third kappa shape index (κ3) is 6.10. The van der Waals surface area contributed by atoms with Gasteiger partial charge in [-0.1, -0.05) is 16.8 Å². The molecule has 0 amide bonds. The van der Waals surface area contributed by atoms with Gasteiger partial charge >= 0.3 is 0 Å². The van der Waals surface area contributed by atoms with Crippen LogP contribution in [0.1, 0.15) is 12.8 Å². The molecule has 0 aromatic heterocycles. The highest BCUT2D eigenvalue weighted by molar-refractivity contribution is 7.99. The van der Waals surface area contributed by atoms with Crippen LogP contribution in [0, 0.1) is 0 Å². The number of amidine groups is 1. The summed E-state index contributed by atoms with van der Waals surface area (Å²) in [6.45, 7) is 0. The molecule has 90 valence electrons. The second-order valence-electron chi connectivity index (χ2n) is 3.00. The van der Waals surface area contributed by atoms with Gasteiger partial charge in [-0.3, -0.25) is 0 Å². The molecule has 0 saturated carbocycles. The molecule has 1 aromatic rings. The minimum Gasteiger partial charge on any atom is -0.409 e. The molecule has 1 aromatic carbocycles. The monoisotopic (exact) mass is 280 g/mol. The van der Waals surface area contributed by atoms with Crippen molar-refractivity contribution in [3.63, 3.8) is 0 Å². The van der Waals surface area contributed by atoms with Crippen LogP contribution in [0.25, 0.3) is 0 Å². The van der Waals surface area contributed by atoms with Crippen LogP contribution >= 0.6 is 35.8 Å². The van der Waals surface area contributed by atoms with E-state index in [0.717, 1.165) is 17.2 Å². The molecule has 0 saturated heterocycles. The highest BCUT2D eigenvalue weighted by Crippen LogP contribution is 2.21. The van der Waals surface area contributed by atoms with Crippen molar-refractivity contribution < 1.29 is 5.21 Å². The summed E-state index contributed by atoms with van der Waals surface area (Å²) in [7, 11) is 0. The van der Waals surface area contributed by atoms with Crippen LogP contribution in [0.3, 0.4) is 0 Å². The number of hydrogen-bond donors (Lipinski definition) is 2. The number of thioether (sulfide) groups is 1. The van der Waals surface area contributed by atoms with Crippen molar-refractivity contribution in [3.05, 3.63) is 29.3 Å². The summed E-state index contributed by atoms with van der Waals surface area (Å²) < 4.78 is 0. The average Bonchev–Trinajstić information content (AvgIpc) is 2.26. The first-order valence-corrected chi connectivity index (χ1v) is 5.93. The number of oxime groups is 1. The molecule has 0 aliphatic heterocycles. The first-order valence-electron chi connectivity index (χ1n) is 4.57. The zero-order valence-corrected chi connectivity index (χ0v) is 11.0. The van der Waals surface area contributed by atoms with Crippen LogP contribution in [0.5, 0.6) is 0 Å². The Bertz CT molecular complexity index is 330. The molecular formula is C10H14Cl2N2OS. The van der Waals surface area contributed by atoms with Crippen LogP contribution in [0.2, 0.25) is 5.02 Å². The summed E-state index contributed by atoms with van der Waals surface area (Å²) in [6, 6.07) is 7.70. The Morgan fingerprint density at radius 3 is 2.56 bits per heavy atom. The van der Waals surface area contributed by atoms with E-state index in [1.807, 2.05) is 24.3 Å². The lowest BCUT2D eigenvalue weighted by atomic mass is 10.3. The Labute approximate surface area is 110 Å². The lowest BCUT2D eigenvalue weighted by molar-refractivity contribution is 0.317. The summed E-state index contributed by atoms with van der Waals surface area (Å²) in [4.78, 5) is 1.18. The summed E-state index contributed by atoms with van der Waals surface area (Å²) in [5, 5.41) is 12.0. The van der Waals surface area contributed by atoms with Gasteiger partial charge in [-0.25, -0.2) is 0 Å². The molecule has 6 heteroatoms. The molecular weight excluding hydrogens is 267 g/mol. The molecule has 0 spiro atoms. The number of hydrogen-bond acceptors (Lipinski definition) is 3. The van der Waals surface area contributed by atoms with E-state index in [1.165, 1.54) is 4.90 Å². The zero-order chi connectivity index (χ0) is 11.1. The summed E-state index contributed by atoms with van der Waals surface area (Å²) in [5.74, 6) is 1.23. The SMILES string of the molecule is Cl.NC(CCCSc1ccc(Cl)cc1)=NO. The zero-order valence-electron chi connectivity index (χ0n) is 8.60. The van der Waals surface area contributed by atoms with Crippen LogP contribution in [-0.2, 0) is 0 Å². The van der Waals surface area contributed by atoms with E-state index in [2.05, 4.69) is 5.16 Å². The second kappa shape index (κ2) is 8.56. The molecule has 16 heavy (non-hydrogen) atoms. The molecule has 3 N–H and O–H groups in total. The van der Waals surface area contributed by atoms with Crippen LogP contribution in [-0.4, -0.2) is 16.8 Å². The van der Waals surface area contributed by atoms with Crippen molar-refractivity contribution in [3.8, 4) is 0 Å². The maximum atomic E-state index is 8.32. The van der Waals surface area contributed by atoms with Crippen molar-refractivity contribution in [1.82, 2.24) is 0 Å². The van der Waals surface area contributed by atoms with E-state index >= 15 is 0 Å². The van der Waals surface area contributed by atoms with Gasteiger partial charge in [0.15, 0.2) is 0 Å². The fourth-order valence-electron chi connectivity index (χ4n) is 1.02. The maximum absolute atomic E-state index is 8.32. The minimum atomic E-state index is 0. The Morgan fingerprint density at radius 2 is 2.00 bits per heavy atom. The first kappa shape index (κ1) is 15.4. The van der Waals surface area contributed by atoms with E-state index < -0.39 is 0 Å². The lowest BCUT2D eigenvalue weighted by Crippen LogP contribution is -2.11. The van der Waals surface area contributed by atoms with Gasteiger partial charge in [0.25, 0.3) is 0 Å². The molecule has 3 nitrogen and oxygen atoms in total. The molecule has 0 radical (unpaired) electrons. The van der Waals surface area contributed by atoms with Crippen molar-refractivity contribution in [2.75, 3.05) is 5.75 Å². The molecule has 0 unspecified atom stereocenters. The van der Waals surface area contributed by atoms with Crippen molar-refractivity contribution in [1.29, 1.82) is 0 Å². The largest absolute Gasteiger partial charge is 0.409 e. The van der Waals surface area contributed by atoms with Gasteiger partial charge in [0.1, 0.15) is 5.84 Å². The molecule has 0 aliphatic carbocycles. The maximum Gasteiger partial charge on any atom is 0.139 e. The summed E-state index contributed by atoms with van der Waals surface area (Å²) in [6.07, 6.45) is 1.51. The van der Waals surface area contributed by atoms with Crippen LogP contribution in [0.4, 0.5) is 0 Å². The summed E-state index contributed by atoms with van der Waals surface area (Å²) >= 11 is 7.49. The van der Waals surface area contributed by atoms with Crippen molar-refractivity contribution in [2.24, 2.45) is 10.9 Å². The number of benzene rings is 1. The second-order valence-corrected chi connectivity index (χ2v) is 4.60.